The summed E-state index contributed by atoms with van der Waals surface area (Å²) in [4.78, 5) is 0. The molecule has 2 saturated carbocycles. The van der Waals surface area contributed by atoms with E-state index in [4.69, 9.17) is 5.84 Å². The second-order valence-corrected chi connectivity index (χ2v) is 6.36. The minimum absolute atomic E-state index is 0.596. The van der Waals surface area contributed by atoms with Crippen molar-refractivity contribution < 1.29 is 0 Å². The smallest absolute Gasteiger partial charge is 0.0238 e. The second-order valence-electron chi connectivity index (χ2n) is 6.36. The van der Waals surface area contributed by atoms with Gasteiger partial charge in [-0.1, -0.05) is 45.4 Å². The molecule has 0 saturated heterocycles. The molecule has 0 heterocycles. The highest BCUT2D eigenvalue weighted by Gasteiger charge is 2.28. The molecule has 0 radical (unpaired) electrons. The average Bonchev–Trinajstić information content (AvgIpc) is 3.16. The van der Waals surface area contributed by atoms with Crippen molar-refractivity contribution in [1.29, 1.82) is 0 Å². The van der Waals surface area contributed by atoms with Gasteiger partial charge in [-0.15, -0.1) is 0 Å². The van der Waals surface area contributed by atoms with Crippen LogP contribution in [0.5, 0.6) is 0 Å². The van der Waals surface area contributed by atoms with Crippen molar-refractivity contribution in [2.24, 2.45) is 23.6 Å². The summed E-state index contributed by atoms with van der Waals surface area (Å²) < 4.78 is 0. The molecule has 0 spiro atoms. The van der Waals surface area contributed by atoms with Gasteiger partial charge in [0.15, 0.2) is 0 Å². The predicted molar refractivity (Wildman–Crippen MR) is 73.4 cm³/mol. The van der Waals surface area contributed by atoms with Gasteiger partial charge < -0.3 is 0 Å². The summed E-state index contributed by atoms with van der Waals surface area (Å²) in [6.07, 6.45) is 14.2. The van der Waals surface area contributed by atoms with Gasteiger partial charge in [0, 0.05) is 6.04 Å². The summed E-state index contributed by atoms with van der Waals surface area (Å²) in [6.45, 7) is 2.31. The molecular formula is C15H30N2. The predicted octanol–water partition coefficient (Wildman–Crippen LogP) is 3.62. The zero-order valence-corrected chi connectivity index (χ0v) is 11.5. The molecule has 1 unspecified atom stereocenters. The maximum absolute atomic E-state index is 5.75. The highest BCUT2D eigenvalue weighted by molar-refractivity contribution is 4.83. The maximum Gasteiger partial charge on any atom is 0.0238 e. The monoisotopic (exact) mass is 238 g/mol. The lowest BCUT2D eigenvalue weighted by atomic mass is 9.76. The van der Waals surface area contributed by atoms with Crippen molar-refractivity contribution >= 4 is 0 Å². The molecule has 2 heteroatoms. The minimum atomic E-state index is 0.596. The summed E-state index contributed by atoms with van der Waals surface area (Å²) in [5.74, 6) is 8.66. The Labute approximate surface area is 107 Å². The minimum Gasteiger partial charge on any atom is -0.271 e. The Kier molecular flexibility index (Phi) is 5.30. The van der Waals surface area contributed by atoms with Gasteiger partial charge >= 0.3 is 0 Å². The molecule has 0 aliphatic heterocycles. The first-order chi connectivity index (χ1) is 8.33. The fraction of sp³-hybridized carbons (Fsp3) is 1.00. The van der Waals surface area contributed by atoms with Crippen molar-refractivity contribution in [2.75, 3.05) is 0 Å². The molecule has 3 N–H and O–H groups in total. The Bertz CT molecular complexity index is 205. The fourth-order valence-electron chi connectivity index (χ4n) is 3.56. The van der Waals surface area contributed by atoms with E-state index in [0.717, 1.165) is 17.8 Å². The SMILES string of the molecule is CCCC1CCC(C(CCC2CC2)NN)CC1. The summed E-state index contributed by atoms with van der Waals surface area (Å²) in [5, 5.41) is 0. The van der Waals surface area contributed by atoms with E-state index in [1.807, 2.05) is 0 Å². The van der Waals surface area contributed by atoms with Crippen LogP contribution in [0.4, 0.5) is 0 Å². The fourth-order valence-corrected chi connectivity index (χ4v) is 3.56. The number of nitrogens with one attached hydrogen (secondary N) is 1. The quantitative estimate of drug-likeness (QED) is 0.525. The topological polar surface area (TPSA) is 38.0 Å². The molecule has 2 aliphatic carbocycles. The van der Waals surface area contributed by atoms with Crippen LogP contribution < -0.4 is 11.3 Å². The highest BCUT2D eigenvalue weighted by atomic mass is 15.2. The van der Waals surface area contributed by atoms with E-state index in [-0.39, 0.29) is 0 Å². The van der Waals surface area contributed by atoms with E-state index in [1.54, 1.807) is 0 Å². The lowest BCUT2D eigenvalue weighted by Gasteiger charge is -2.33. The molecule has 17 heavy (non-hydrogen) atoms. The van der Waals surface area contributed by atoms with E-state index in [9.17, 15) is 0 Å². The molecular weight excluding hydrogens is 208 g/mol. The average molecular weight is 238 g/mol. The number of hydrogen-bond acceptors (Lipinski definition) is 2. The molecule has 0 amide bonds. The van der Waals surface area contributed by atoms with Crippen LogP contribution in [0, 0.1) is 17.8 Å². The molecule has 0 aromatic heterocycles. The van der Waals surface area contributed by atoms with Crippen LogP contribution >= 0.6 is 0 Å². The third-order valence-corrected chi connectivity index (χ3v) is 4.95. The van der Waals surface area contributed by atoms with Crippen molar-refractivity contribution in [2.45, 2.75) is 77.2 Å². The van der Waals surface area contributed by atoms with Gasteiger partial charge in [-0.05, 0) is 43.4 Å². The Morgan fingerprint density at radius 3 is 2.12 bits per heavy atom. The Morgan fingerprint density at radius 2 is 1.59 bits per heavy atom. The first-order valence-corrected chi connectivity index (χ1v) is 7.79. The van der Waals surface area contributed by atoms with Gasteiger partial charge in [-0.3, -0.25) is 11.3 Å². The molecule has 1 atom stereocenters. The molecule has 100 valence electrons. The van der Waals surface area contributed by atoms with Crippen molar-refractivity contribution in [3.63, 3.8) is 0 Å². The van der Waals surface area contributed by atoms with Crippen molar-refractivity contribution in [3.8, 4) is 0 Å². The van der Waals surface area contributed by atoms with Crippen LogP contribution in [0.3, 0.4) is 0 Å². The van der Waals surface area contributed by atoms with E-state index < -0.39 is 0 Å². The number of hydrogen-bond donors (Lipinski definition) is 2. The number of nitrogens with two attached hydrogens (primary N) is 1. The van der Waals surface area contributed by atoms with Crippen LogP contribution in [0.25, 0.3) is 0 Å². The molecule has 2 rings (SSSR count). The molecule has 0 aromatic rings. The maximum atomic E-state index is 5.75. The third kappa shape index (κ3) is 4.26. The van der Waals surface area contributed by atoms with Gasteiger partial charge in [0.1, 0.15) is 0 Å². The summed E-state index contributed by atoms with van der Waals surface area (Å²) in [6, 6.07) is 0.596. The lowest BCUT2D eigenvalue weighted by Crippen LogP contribution is -2.42. The van der Waals surface area contributed by atoms with Gasteiger partial charge in [0.05, 0.1) is 0 Å². The summed E-state index contributed by atoms with van der Waals surface area (Å²) >= 11 is 0. The summed E-state index contributed by atoms with van der Waals surface area (Å²) in [5.41, 5.74) is 3.10. The molecule has 0 bridgehead atoms. The second kappa shape index (κ2) is 6.75. The zero-order valence-electron chi connectivity index (χ0n) is 11.5. The molecule has 0 aromatic carbocycles. The molecule has 2 aliphatic rings. The number of rotatable bonds is 7. The van der Waals surface area contributed by atoms with Crippen LogP contribution in [0.2, 0.25) is 0 Å². The van der Waals surface area contributed by atoms with Crippen LogP contribution in [-0.4, -0.2) is 6.04 Å². The highest BCUT2D eigenvalue weighted by Crippen LogP contribution is 2.37. The largest absolute Gasteiger partial charge is 0.271 e. The Balaban J connectivity index is 1.68. The Hall–Kier alpha value is -0.0800. The van der Waals surface area contributed by atoms with Crippen LogP contribution in [-0.2, 0) is 0 Å². The Morgan fingerprint density at radius 1 is 1.00 bits per heavy atom. The zero-order chi connectivity index (χ0) is 12.1. The van der Waals surface area contributed by atoms with E-state index in [0.29, 0.717) is 6.04 Å². The number of hydrazine groups is 1. The molecule has 2 fully saturated rings. The van der Waals surface area contributed by atoms with Crippen LogP contribution in [0.1, 0.15) is 71.1 Å². The van der Waals surface area contributed by atoms with Crippen LogP contribution in [0.15, 0.2) is 0 Å². The van der Waals surface area contributed by atoms with E-state index in [1.165, 1.54) is 64.2 Å². The van der Waals surface area contributed by atoms with Gasteiger partial charge in [-0.25, -0.2) is 0 Å². The van der Waals surface area contributed by atoms with Gasteiger partial charge in [-0.2, -0.15) is 0 Å². The first kappa shape index (κ1) is 13.4. The normalized spacial score (nSPS) is 31.4. The lowest BCUT2D eigenvalue weighted by molar-refractivity contribution is 0.205. The van der Waals surface area contributed by atoms with E-state index >= 15 is 0 Å². The van der Waals surface area contributed by atoms with Gasteiger partial charge in [0.2, 0.25) is 0 Å². The molecule has 2 nitrogen and oxygen atoms in total. The standard InChI is InChI=1S/C15H30N2/c1-2-3-12-6-9-14(10-7-12)15(17-16)11-8-13-4-5-13/h12-15,17H,2-11,16H2,1H3. The third-order valence-electron chi connectivity index (χ3n) is 4.95. The summed E-state index contributed by atoms with van der Waals surface area (Å²) in [7, 11) is 0. The van der Waals surface area contributed by atoms with Gasteiger partial charge in [0.25, 0.3) is 0 Å². The van der Waals surface area contributed by atoms with E-state index in [2.05, 4.69) is 12.3 Å². The first-order valence-electron chi connectivity index (χ1n) is 7.79. The van der Waals surface area contributed by atoms with Crippen molar-refractivity contribution in [3.05, 3.63) is 0 Å². The van der Waals surface area contributed by atoms with Crippen molar-refractivity contribution in [1.82, 2.24) is 5.43 Å².